The molecule has 0 saturated carbocycles. The van der Waals surface area contributed by atoms with Crippen LogP contribution in [0.4, 0.5) is 4.39 Å². The van der Waals surface area contributed by atoms with Gasteiger partial charge in [-0.05, 0) is 19.4 Å². The van der Waals surface area contributed by atoms with Crippen molar-refractivity contribution < 1.29 is 9.18 Å². The predicted octanol–water partition coefficient (Wildman–Crippen LogP) is 3.79. The van der Waals surface area contributed by atoms with Crippen molar-refractivity contribution in [2.45, 2.75) is 26.7 Å². The minimum absolute atomic E-state index is 0.235. The molecule has 0 aliphatic carbocycles. The van der Waals surface area contributed by atoms with Gasteiger partial charge >= 0.3 is 0 Å². The molecular weight excluding hydrogens is 275 g/mol. The minimum atomic E-state index is -0.334. The topological polar surface area (TPSA) is 42.0 Å². The molecule has 5 heteroatoms. The second-order valence-electron chi connectivity index (χ2n) is 4.50. The molecule has 1 heterocycles. The summed E-state index contributed by atoms with van der Waals surface area (Å²) in [5.41, 5.74) is 0.743. The van der Waals surface area contributed by atoms with Crippen LogP contribution in [0.25, 0.3) is 10.4 Å². The Morgan fingerprint density at radius 1 is 1.40 bits per heavy atom. The second kappa shape index (κ2) is 6.61. The van der Waals surface area contributed by atoms with Gasteiger partial charge in [-0.25, -0.2) is 9.37 Å². The van der Waals surface area contributed by atoms with Gasteiger partial charge in [0.2, 0.25) is 0 Å². The number of benzene rings is 1. The van der Waals surface area contributed by atoms with Gasteiger partial charge in [-0.3, -0.25) is 4.79 Å². The molecule has 0 fully saturated rings. The Balaban J connectivity index is 2.31. The van der Waals surface area contributed by atoms with Crippen LogP contribution in [-0.2, 0) is 0 Å². The average molecular weight is 292 g/mol. The third-order valence-electron chi connectivity index (χ3n) is 2.88. The summed E-state index contributed by atoms with van der Waals surface area (Å²) in [6.45, 7) is 4.49. The van der Waals surface area contributed by atoms with E-state index in [1.54, 1.807) is 18.2 Å². The van der Waals surface area contributed by atoms with Gasteiger partial charge in [0, 0.05) is 12.1 Å². The third-order valence-corrected chi connectivity index (χ3v) is 3.89. The van der Waals surface area contributed by atoms with E-state index in [0.717, 1.165) is 17.8 Å². The molecule has 0 spiro atoms. The van der Waals surface area contributed by atoms with E-state index in [1.807, 2.05) is 6.92 Å². The van der Waals surface area contributed by atoms with Crippen LogP contribution in [0.1, 0.15) is 35.3 Å². The molecule has 0 saturated heterocycles. The summed E-state index contributed by atoms with van der Waals surface area (Å²) in [6, 6.07) is 6.45. The fourth-order valence-corrected chi connectivity index (χ4v) is 2.81. The van der Waals surface area contributed by atoms with Crippen molar-refractivity contribution in [1.82, 2.24) is 10.3 Å². The van der Waals surface area contributed by atoms with Gasteiger partial charge in [0.1, 0.15) is 11.5 Å². The van der Waals surface area contributed by atoms with Gasteiger partial charge < -0.3 is 5.32 Å². The lowest BCUT2D eigenvalue weighted by molar-refractivity contribution is 0.0949. The van der Waals surface area contributed by atoms with Gasteiger partial charge in [0.15, 0.2) is 0 Å². The Kier molecular flexibility index (Phi) is 4.84. The number of hydrogen-bond acceptors (Lipinski definition) is 3. The number of thiazole rings is 1. The van der Waals surface area contributed by atoms with Crippen LogP contribution in [0.15, 0.2) is 24.3 Å². The highest BCUT2D eigenvalue weighted by Crippen LogP contribution is 2.31. The van der Waals surface area contributed by atoms with Crippen LogP contribution in [0, 0.1) is 12.7 Å². The molecule has 0 aliphatic rings. The molecule has 20 heavy (non-hydrogen) atoms. The van der Waals surface area contributed by atoms with Crippen LogP contribution >= 0.6 is 11.3 Å². The summed E-state index contributed by atoms with van der Waals surface area (Å²) >= 11 is 1.34. The first-order valence-electron chi connectivity index (χ1n) is 6.64. The van der Waals surface area contributed by atoms with Crippen molar-refractivity contribution in [3.8, 4) is 10.4 Å². The average Bonchev–Trinajstić information content (AvgIpc) is 2.81. The standard InChI is InChI=1S/C15H17FN2OS/c1-3-4-9-17-15(19)13-14(20-10(2)18-13)11-7-5-6-8-12(11)16/h5-8H,3-4,9H2,1-2H3,(H,17,19). The molecule has 2 rings (SSSR count). The molecule has 106 valence electrons. The van der Waals surface area contributed by atoms with E-state index in [2.05, 4.69) is 17.2 Å². The van der Waals surface area contributed by atoms with Gasteiger partial charge in [-0.2, -0.15) is 0 Å². The van der Waals surface area contributed by atoms with Crippen molar-refractivity contribution in [1.29, 1.82) is 0 Å². The largest absolute Gasteiger partial charge is 0.351 e. The maximum absolute atomic E-state index is 13.9. The number of halogens is 1. The molecule has 2 aromatic rings. The molecule has 0 atom stereocenters. The smallest absolute Gasteiger partial charge is 0.271 e. The number of carbonyl (C=O) groups excluding carboxylic acids is 1. The first-order valence-corrected chi connectivity index (χ1v) is 7.45. The lowest BCUT2D eigenvalue weighted by Crippen LogP contribution is -2.25. The molecule has 0 radical (unpaired) electrons. The Morgan fingerprint density at radius 2 is 2.15 bits per heavy atom. The van der Waals surface area contributed by atoms with Crippen molar-refractivity contribution in [2.24, 2.45) is 0 Å². The molecule has 0 bridgehead atoms. The highest BCUT2D eigenvalue weighted by Gasteiger charge is 2.19. The van der Waals surface area contributed by atoms with Crippen LogP contribution in [0.3, 0.4) is 0 Å². The summed E-state index contributed by atoms with van der Waals surface area (Å²) in [7, 11) is 0. The van der Waals surface area contributed by atoms with E-state index < -0.39 is 0 Å². The molecule has 0 unspecified atom stereocenters. The highest BCUT2D eigenvalue weighted by atomic mass is 32.1. The number of aryl methyl sites for hydroxylation is 1. The number of nitrogens with zero attached hydrogens (tertiary/aromatic N) is 1. The number of amides is 1. The molecule has 0 aliphatic heterocycles. The zero-order valence-electron chi connectivity index (χ0n) is 11.6. The van der Waals surface area contributed by atoms with Crippen LogP contribution in [0.5, 0.6) is 0 Å². The number of hydrogen-bond donors (Lipinski definition) is 1. The van der Waals surface area contributed by atoms with Crippen LogP contribution < -0.4 is 5.32 Å². The zero-order chi connectivity index (χ0) is 14.5. The van der Waals surface area contributed by atoms with E-state index >= 15 is 0 Å². The SMILES string of the molecule is CCCCNC(=O)c1nc(C)sc1-c1ccccc1F. The van der Waals surface area contributed by atoms with Crippen LogP contribution in [-0.4, -0.2) is 17.4 Å². The van der Waals surface area contributed by atoms with Crippen molar-refractivity contribution in [3.63, 3.8) is 0 Å². The second-order valence-corrected chi connectivity index (χ2v) is 5.70. The lowest BCUT2D eigenvalue weighted by Gasteiger charge is -2.05. The number of unbranched alkanes of at least 4 members (excludes halogenated alkanes) is 1. The minimum Gasteiger partial charge on any atom is -0.351 e. The first-order chi connectivity index (χ1) is 9.63. The highest BCUT2D eigenvalue weighted by molar-refractivity contribution is 7.15. The Morgan fingerprint density at radius 3 is 2.85 bits per heavy atom. The molecule has 1 amide bonds. The maximum atomic E-state index is 13.9. The molecule has 1 aromatic carbocycles. The fourth-order valence-electron chi connectivity index (χ4n) is 1.87. The molecular formula is C15H17FN2OS. The van der Waals surface area contributed by atoms with Crippen molar-refractivity contribution in [2.75, 3.05) is 6.54 Å². The van der Waals surface area contributed by atoms with Gasteiger partial charge in [0.05, 0.1) is 9.88 Å². The third kappa shape index (κ3) is 3.22. The monoisotopic (exact) mass is 292 g/mol. The van der Waals surface area contributed by atoms with Crippen molar-refractivity contribution in [3.05, 3.63) is 40.8 Å². The maximum Gasteiger partial charge on any atom is 0.271 e. The number of rotatable bonds is 5. The van der Waals surface area contributed by atoms with E-state index in [0.29, 0.717) is 22.7 Å². The lowest BCUT2D eigenvalue weighted by atomic mass is 10.1. The molecule has 1 N–H and O–H groups in total. The number of nitrogens with one attached hydrogen (secondary N) is 1. The van der Waals surface area contributed by atoms with E-state index in [1.165, 1.54) is 17.4 Å². The number of carbonyl (C=O) groups is 1. The Bertz CT molecular complexity index is 610. The van der Waals surface area contributed by atoms with E-state index in [9.17, 15) is 9.18 Å². The summed E-state index contributed by atoms with van der Waals surface area (Å²) in [5.74, 6) is -0.570. The predicted molar refractivity (Wildman–Crippen MR) is 79.5 cm³/mol. The number of aromatic nitrogens is 1. The van der Waals surface area contributed by atoms with Gasteiger partial charge in [-0.15, -0.1) is 11.3 Å². The summed E-state index contributed by atoms with van der Waals surface area (Å²) in [5, 5.41) is 3.58. The summed E-state index contributed by atoms with van der Waals surface area (Å²) in [6.07, 6.45) is 1.93. The normalized spacial score (nSPS) is 10.6. The molecule has 3 nitrogen and oxygen atoms in total. The van der Waals surface area contributed by atoms with Crippen LogP contribution in [0.2, 0.25) is 0 Å². The van der Waals surface area contributed by atoms with Gasteiger partial charge in [-0.1, -0.05) is 31.5 Å². The molecule has 1 aromatic heterocycles. The van der Waals surface area contributed by atoms with E-state index in [-0.39, 0.29) is 11.7 Å². The van der Waals surface area contributed by atoms with E-state index in [4.69, 9.17) is 0 Å². The Labute approximate surface area is 121 Å². The first kappa shape index (κ1) is 14.7. The fraction of sp³-hybridized carbons (Fsp3) is 0.333. The summed E-state index contributed by atoms with van der Waals surface area (Å²) < 4.78 is 13.9. The zero-order valence-corrected chi connectivity index (χ0v) is 12.4. The van der Waals surface area contributed by atoms with Crippen molar-refractivity contribution >= 4 is 17.2 Å². The Hall–Kier alpha value is -1.75. The quantitative estimate of drug-likeness (QED) is 0.852. The summed E-state index contributed by atoms with van der Waals surface area (Å²) in [4.78, 5) is 17.0. The van der Waals surface area contributed by atoms with Gasteiger partial charge in [0.25, 0.3) is 5.91 Å².